The number of nitrogens with two attached hydrogens (primary N) is 1. The largest absolute Gasteiger partial charge is 0.324 e. The highest BCUT2D eigenvalue weighted by atomic mass is 32.1. The summed E-state index contributed by atoms with van der Waals surface area (Å²) in [6, 6.07) is 16.8. The Labute approximate surface area is 116 Å². The molecule has 3 heteroatoms. The monoisotopic (exact) mass is 268 g/mol. The predicted molar refractivity (Wildman–Crippen MR) is 81.5 cm³/mol. The van der Waals surface area contributed by atoms with Crippen LogP contribution in [0.1, 0.15) is 29.1 Å². The summed E-state index contributed by atoms with van der Waals surface area (Å²) in [7, 11) is 0. The minimum atomic E-state index is 0.0790. The van der Waals surface area contributed by atoms with E-state index in [-0.39, 0.29) is 6.04 Å². The molecular weight excluding hydrogens is 252 g/mol. The lowest BCUT2D eigenvalue weighted by Crippen LogP contribution is -2.05. The summed E-state index contributed by atoms with van der Waals surface area (Å²) in [5.41, 5.74) is 9.46. The topological polar surface area (TPSA) is 38.9 Å². The number of aromatic nitrogens is 1. The highest BCUT2D eigenvalue weighted by Crippen LogP contribution is 2.24. The molecule has 3 aromatic rings. The quantitative estimate of drug-likeness (QED) is 0.782. The van der Waals surface area contributed by atoms with Gasteiger partial charge in [-0.25, -0.2) is 4.98 Å². The summed E-state index contributed by atoms with van der Waals surface area (Å²) in [5.74, 6) is 0. The third-order valence-electron chi connectivity index (χ3n) is 3.17. The SMILES string of the molecule is CC(N)c1cccc(Cc2nc3ccccc3s2)c1. The molecule has 19 heavy (non-hydrogen) atoms. The van der Waals surface area contributed by atoms with Gasteiger partial charge in [-0.15, -0.1) is 11.3 Å². The van der Waals surface area contributed by atoms with Gasteiger partial charge in [-0.2, -0.15) is 0 Å². The second-order valence-corrected chi connectivity index (χ2v) is 5.90. The number of fused-ring (bicyclic) bond motifs is 1. The fourth-order valence-corrected chi connectivity index (χ4v) is 3.16. The molecule has 96 valence electrons. The lowest BCUT2D eigenvalue weighted by Gasteiger charge is -2.07. The molecule has 2 nitrogen and oxygen atoms in total. The fraction of sp³-hybridized carbons (Fsp3) is 0.188. The molecule has 2 N–H and O–H groups in total. The van der Waals surface area contributed by atoms with Gasteiger partial charge in [0.05, 0.1) is 15.2 Å². The number of benzene rings is 2. The van der Waals surface area contributed by atoms with Crippen LogP contribution in [0.15, 0.2) is 48.5 Å². The van der Waals surface area contributed by atoms with Gasteiger partial charge in [-0.1, -0.05) is 36.4 Å². The van der Waals surface area contributed by atoms with Crippen molar-refractivity contribution in [3.63, 3.8) is 0 Å². The molecule has 0 fully saturated rings. The molecule has 0 bridgehead atoms. The number of hydrogen-bond acceptors (Lipinski definition) is 3. The van der Waals surface area contributed by atoms with Crippen LogP contribution in [0, 0.1) is 0 Å². The predicted octanol–water partition coefficient (Wildman–Crippen LogP) is 3.91. The van der Waals surface area contributed by atoms with E-state index in [2.05, 4.69) is 47.4 Å². The van der Waals surface area contributed by atoms with Gasteiger partial charge < -0.3 is 5.73 Å². The Balaban J connectivity index is 1.90. The maximum absolute atomic E-state index is 5.92. The molecule has 0 spiro atoms. The third kappa shape index (κ3) is 2.67. The van der Waals surface area contributed by atoms with Crippen LogP contribution in [0.4, 0.5) is 0 Å². The number of nitrogens with zero attached hydrogens (tertiary/aromatic N) is 1. The van der Waals surface area contributed by atoms with Crippen molar-refractivity contribution in [3.05, 3.63) is 64.7 Å². The van der Waals surface area contributed by atoms with Crippen molar-refractivity contribution in [2.24, 2.45) is 5.73 Å². The first-order valence-electron chi connectivity index (χ1n) is 6.41. The van der Waals surface area contributed by atoms with Gasteiger partial charge >= 0.3 is 0 Å². The van der Waals surface area contributed by atoms with E-state index >= 15 is 0 Å². The first-order chi connectivity index (χ1) is 9.22. The molecule has 3 rings (SSSR count). The first kappa shape index (κ1) is 12.3. The zero-order chi connectivity index (χ0) is 13.2. The van der Waals surface area contributed by atoms with Crippen LogP contribution in [-0.2, 0) is 6.42 Å². The molecule has 0 aliphatic carbocycles. The molecular formula is C16H16N2S. The van der Waals surface area contributed by atoms with Crippen molar-refractivity contribution in [2.75, 3.05) is 0 Å². The van der Waals surface area contributed by atoms with Crippen LogP contribution in [0.2, 0.25) is 0 Å². The summed E-state index contributed by atoms with van der Waals surface area (Å²) in [6.07, 6.45) is 0.875. The molecule has 0 aliphatic heterocycles. The summed E-state index contributed by atoms with van der Waals surface area (Å²) >= 11 is 1.76. The lowest BCUT2D eigenvalue weighted by atomic mass is 10.0. The minimum absolute atomic E-state index is 0.0790. The number of rotatable bonds is 3. The zero-order valence-electron chi connectivity index (χ0n) is 10.8. The average Bonchev–Trinajstić information content (AvgIpc) is 2.81. The summed E-state index contributed by atoms with van der Waals surface area (Å²) < 4.78 is 1.25. The highest BCUT2D eigenvalue weighted by molar-refractivity contribution is 7.18. The van der Waals surface area contributed by atoms with Crippen LogP contribution in [0.25, 0.3) is 10.2 Å². The van der Waals surface area contributed by atoms with Gasteiger partial charge in [0.15, 0.2) is 0 Å². The fourth-order valence-electron chi connectivity index (χ4n) is 2.16. The average molecular weight is 268 g/mol. The molecule has 0 radical (unpaired) electrons. The van der Waals surface area contributed by atoms with Crippen molar-refractivity contribution in [1.82, 2.24) is 4.98 Å². The van der Waals surface area contributed by atoms with Crippen LogP contribution in [-0.4, -0.2) is 4.98 Å². The Morgan fingerprint density at radius 1 is 1.16 bits per heavy atom. The van der Waals surface area contributed by atoms with Gasteiger partial charge in [-0.05, 0) is 30.2 Å². The molecule has 1 atom stereocenters. The zero-order valence-corrected chi connectivity index (χ0v) is 11.7. The Kier molecular flexibility index (Phi) is 3.32. The van der Waals surface area contributed by atoms with E-state index in [9.17, 15) is 0 Å². The Morgan fingerprint density at radius 3 is 2.79 bits per heavy atom. The van der Waals surface area contributed by atoms with Crippen molar-refractivity contribution < 1.29 is 0 Å². The molecule has 1 unspecified atom stereocenters. The molecule has 0 aliphatic rings. The van der Waals surface area contributed by atoms with E-state index in [1.165, 1.54) is 15.8 Å². The molecule has 1 heterocycles. The second-order valence-electron chi connectivity index (χ2n) is 4.79. The summed E-state index contributed by atoms with van der Waals surface area (Å²) in [4.78, 5) is 4.67. The third-order valence-corrected chi connectivity index (χ3v) is 4.21. The van der Waals surface area contributed by atoms with E-state index in [1.54, 1.807) is 11.3 Å². The number of hydrogen-bond donors (Lipinski definition) is 1. The highest BCUT2D eigenvalue weighted by Gasteiger charge is 2.06. The van der Waals surface area contributed by atoms with Gasteiger partial charge in [0.2, 0.25) is 0 Å². The van der Waals surface area contributed by atoms with Crippen molar-refractivity contribution in [3.8, 4) is 0 Å². The van der Waals surface area contributed by atoms with E-state index < -0.39 is 0 Å². The van der Waals surface area contributed by atoms with E-state index in [4.69, 9.17) is 5.73 Å². The molecule has 1 aromatic heterocycles. The van der Waals surface area contributed by atoms with Crippen molar-refractivity contribution >= 4 is 21.6 Å². The van der Waals surface area contributed by atoms with Gasteiger partial charge in [0.25, 0.3) is 0 Å². The lowest BCUT2D eigenvalue weighted by molar-refractivity contribution is 0.816. The standard InChI is InChI=1S/C16H16N2S/c1-11(17)13-6-4-5-12(9-13)10-16-18-14-7-2-3-8-15(14)19-16/h2-9,11H,10,17H2,1H3. The van der Waals surface area contributed by atoms with Crippen molar-refractivity contribution in [2.45, 2.75) is 19.4 Å². The number of para-hydroxylation sites is 1. The molecule has 2 aromatic carbocycles. The Bertz CT molecular complexity index is 668. The molecule has 0 saturated heterocycles. The molecule has 0 amide bonds. The van der Waals surface area contributed by atoms with Gasteiger partial charge in [0, 0.05) is 12.5 Å². The van der Waals surface area contributed by atoms with E-state index in [1.807, 2.05) is 13.0 Å². The maximum Gasteiger partial charge on any atom is 0.0982 e. The number of thiazole rings is 1. The van der Waals surface area contributed by atoms with Crippen LogP contribution in [0.3, 0.4) is 0 Å². The van der Waals surface area contributed by atoms with Gasteiger partial charge in [0.1, 0.15) is 0 Å². The van der Waals surface area contributed by atoms with Crippen LogP contribution in [0.5, 0.6) is 0 Å². The Morgan fingerprint density at radius 2 is 2.00 bits per heavy atom. The summed E-state index contributed by atoms with van der Waals surface area (Å²) in [6.45, 7) is 2.01. The maximum atomic E-state index is 5.92. The second kappa shape index (κ2) is 5.11. The first-order valence-corrected chi connectivity index (χ1v) is 7.23. The van der Waals surface area contributed by atoms with Crippen LogP contribution < -0.4 is 5.73 Å². The van der Waals surface area contributed by atoms with Gasteiger partial charge in [-0.3, -0.25) is 0 Å². The Hall–Kier alpha value is -1.71. The normalized spacial score (nSPS) is 12.7. The van der Waals surface area contributed by atoms with Crippen LogP contribution >= 0.6 is 11.3 Å². The smallest absolute Gasteiger partial charge is 0.0982 e. The minimum Gasteiger partial charge on any atom is -0.324 e. The molecule has 0 saturated carbocycles. The van der Waals surface area contributed by atoms with E-state index in [0.29, 0.717) is 0 Å². The van der Waals surface area contributed by atoms with Crippen molar-refractivity contribution in [1.29, 1.82) is 0 Å². The summed E-state index contributed by atoms with van der Waals surface area (Å²) in [5, 5.41) is 1.16. The van der Waals surface area contributed by atoms with E-state index in [0.717, 1.165) is 16.9 Å².